The molecule has 0 bridgehead atoms. The smallest absolute Gasteiger partial charge is 0.278 e. The minimum atomic E-state index is -2.84. The zero-order valence-corrected chi connectivity index (χ0v) is 9.40. The summed E-state index contributed by atoms with van der Waals surface area (Å²) < 4.78 is 24.4. The summed E-state index contributed by atoms with van der Waals surface area (Å²) in [6.45, 7) is 0. The van der Waals surface area contributed by atoms with Gasteiger partial charge in [-0.3, -0.25) is 9.59 Å². The number of carbonyl (C=O) groups is 1. The molecule has 0 amide bonds. The van der Waals surface area contributed by atoms with Crippen molar-refractivity contribution in [3.8, 4) is 0 Å². The molecule has 0 saturated carbocycles. The Morgan fingerprint density at radius 3 is 2.57 bits per heavy atom. The largest absolute Gasteiger partial charge is 0.320 e. The second-order valence-corrected chi connectivity index (χ2v) is 3.78. The molecule has 0 radical (unpaired) electrons. The number of aromatic amines is 1. The Balaban J connectivity index is 3.43. The number of hydrogen-bond donors (Lipinski definition) is 1. The van der Waals surface area contributed by atoms with Crippen LogP contribution in [0.5, 0.6) is 0 Å². The molecule has 1 rings (SSSR count). The van der Waals surface area contributed by atoms with Gasteiger partial charge in [0.25, 0.3) is 17.2 Å². The van der Waals surface area contributed by atoms with E-state index in [1.807, 2.05) is 4.98 Å². The van der Waals surface area contributed by atoms with Gasteiger partial charge in [-0.15, -0.1) is 0 Å². The van der Waals surface area contributed by atoms with E-state index in [2.05, 4.69) is 0 Å². The molecular weight excluding hydrogens is 330 g/mol. The lowest BCUT2D eigenvalue weighted by Crippen LogP contribution is -2.16. The number of rotatable bonds is 2. The Bertz CT molecular complexity index is 432. The minimum absolute atomic E-state index is 0.00648. The van der Waals surface area contributed by atoms with E-state index in [1.165, 1.54) is 0 Å². The van der Waals surface area contributed by atoms with Gasteiger partial charge in [-0.1, -0.05) is 0 Å². The van der Waals surface area contributed by atoms with Crippen LogP contribution >= 0.6 is 34.2 Å². The molecule has 0 atom stereocenters. The third kappa shape index (κ3) is 2.30. The van der Waals surface area contributed by atoms with Gasteiger partial charge in [-0.2, -0.15) is 0 Å². The fraction of sp³-hybridized carbons (Fsp3) is 0.143. The molecule has 3 nitrogen and oxygen atoms in total. The number of alkyl halides is 2. The van der Waals surface area contributed by atoms with E-state index < -0.39 is 22.9 Å². The maximum absolute atomic E-state index is 12.2. The van der Waals surface area contributed by atoms with Crippen molar-refractivity contribution in [2.75, 3.05) is 0 Å². The summed E-state index contributed by atoms with van der Waals surface area (Å²) in [4.78, 5) is 23.8. The molecule has 7 heteroatoms. The molecule has 0 aliphatic rings. The maximum atomic E-state index is 12.2. The molecule has 1 aromatic rings. The number of carbonyl (C=O) groups excluding carboxylic acids is 1. The zero-order valence-electron chi connectivity index (χ0n) is 6.48. The molecule has 0 fully saturated rings. The van der Waals surface area contributed by atoms with Crippen LogP contribution in [0.15, 0.2) is 10.9 Å². The van der Waals surface area contributed by atoms with Crippen LogP contribution in [0.3, 0.4) is 0 Å². The standard InChI is InChI=1S/C7H3ClF2INO2/c8-5(13)2-1-3(6(9)10)12-7(14)4(2)11/h1,6H,(H,12,14). The molecule has 0 unspecified atom stereocenters. The Kier molecular flexibility index (Phi) is 3.59. The number of aromatic nitrogens is 1. The third-order valence-electron chi connectivity index (χ3n) is 1.44. The van der Waals surface area contributed by atoms with Gasteiger partial charge in [0.05, 0.1) is 14.8 Å². The molecule has 0 spiro atoms. The molecule has 0 saturated heterocycles. The first kappa shape index (κ1) is 11.6. The van der Waals surface area contributed by atoms with Gasteiger partial charge in [0.2, 0.25) is 0 Å². The molecular formula is C7H3ClF2INO2. The topological polar surface area (TPSA) is 49.9 Å². The first-order valence-electron chi connectivity index (χ1n) is 3.34. The van der Waals surface area contributed by atoms with Crippen molar-refractivity contribution in [2.45, 2.75) is 6.43 Å². The van der Waals surface area contributed by atoms with Crippen LogP contribution < -0.4 is 5.56 Å². The Labute approximate surface area is 95.6 Å². The number of H-pyrrole nitrogens is 1. The van der Waals surface area contributed by atoms with Crippen LogP contribution in [0, 0.1) is 3.57 Å². The van der Waals surface area contributed by atoms with Crippen LogP contribution in [0.1, 0.15) is 22.5 Å². The third-order valence-corrected chi connectivity index (χ3v) is 2.71. The summed E-state index contributed by atoms with van der Waals surface area (Å²) in [6, 6.07) is 0.878. The van der Waals surface area contributed by atoms with E-state index in [4.69, 9.17) is 11.6 Å². The van der Waals surface area contributed by atoms with Crippen molar-refractivity contribution in [2.24, 2.45) is 0 Å². The normalized spacial score (nSPS) is 10.6. The number of pyridine rings is 1. The SMILES string of the molecule is O=C(Cl)c1cc(C(F)F)[nH]c(=O)c1I. The van der Waals surface area contributed by atoms with E-state index in [1.54, 1.807) is 22.6 Å². The van der Waals surface area contributed by atoms with Crippen molar-refractivity contribution in [3.63, 3.8) is 0 Å². The van der Waals surface area contributed by atoms with E-state index in [-0.39, 0.29) is 9.13 Å². The number of halogens is 4. The van der Waals surface area contributed by atoms with E-state index >= 15 is 0 Å². The molecule has 1 aromatic heterocycles. The van der Waals surface area contributed by atoms with Gasteiger partial charge in [0, 0.05) is 0 Å². The molecule has 0 aromatic carbocycles. The van der Waals surface area contributed by atoms with Crippen molar-refractivity contribution in [3.05, 3.63) is 31.2 Å². The van der Waals surface area contributed by atoms with Crippen molar-refractivity contribution >= 4 is 39.4 Å². The summed E-state index contributed by atoms with van der Waals surface area (Å²) in [7, 11) is 0. The summed E-state index contributed by atoms with van der Waals surface area (Å²) in [5, 5.41) is -0.928. The monoisotopic (exact) mass is 333 g/mol. The Morgan fingerprint density at radius 1 is 1.57 bits per heavy atom. The lowest BCUT2D eigenvalue weighted by Gasteiger charge is -2.02. The van der Waals surface area contributed by atoms with Gasteiger partial charge in [-0.25, -0.2) is 8.78 Å². The summed E-state index contributed by atoms with van der Waals surface area (Å²) >= 11 is 6.68. The number of hydrogen-bond acceptors (Lipinski definition) is 2. The van der Waals surface area contributed by atoms with Crippen LogP contribution in [-0.4, -0.2) is 10.2 Å². The van der Waals surface area contributed by atoms with Crippen molar-refractivity contribution in [1.29, 1.82) is 0 Å². The molecule has 0 aliphatic heterocycles. The highest BCUT2D eigenvalue weighted by atomic mass is 127. The highest BCUT2D eigenvalue weighted by molar-refractivity contribution is 14.1. The van der Waals surface area contributed by atoms with Crippen molar-refractivity contribution in [1.82, 2.24) is 4.98 Å². The zero-order chi connectivity index (χ0) is 10.9. The van der Waals surface area contributed by atoms with E-state index in [0.29, 0.717) is 0 Å². The number of nitrogens with one attached hydrogen (secondary N) is 1. The predicted molar refractivity (Wildman–Crippen MR) is 54.9 cm³/mol. The average molecular weight is 333 g/mol. The summed E-state index contributed by atoms with van der Waals surface area (Å²) in [5.74, 6) is 0. The second kappa shape index (κ2) is 4.35. The Hall–Kier alpha value is -0.500. The maximum Gasteiger partial charge on any atom is 0.278 e. The second-order valence-electron chi connectivity index (χ2n) is 2.36. The molecule has 0 aliphatic carbocycles. The van der Waals surface area contributed by atoms with Gasteiger partial charge in [0.15, 0.2) is 0 Å². The fourth-order valence-electron chi connectivity index (χ4n) is 0.824. The van der Waals surface area contributed by atoms with Crippen LogP contribution in [0.2, 0.25) is 0 Å². The molecule has 14 heavy (non-hydrogen) atoms. The fourth-order valence-corrected chi connectivity index (χ4v) is 1.67. The summed E-state index contributed by atoms with van der Waals surface area (Å²) in [5.41, 5.74) is -1.56. The van der Waals surface area contributed by atoms with Crippen LogP contribution in [0.25, 0.3) is 0 Å². The van der Waals surface area contributed by atoms with Gasteiger partial charge < -0.3 is 4.98 Å². The van der Waals surface area contributed by atoms with Crippen LogP contribution in [-0.2, 0) is 0 Å². The average Bonchev–Trinajstić information content (AvgIpc) is 2.08. The predicted octanol–water partition coefficient (Wildman–Crippen LogP) is 2.30. The van der Waals surface area contributed by atoms with Crippen LogP contribution in [0.4, 0.5) is 8.78 Å². The van der Waals surface area contributed by atoms with Gasteiger partial charge in [-0.05, 0) is 40.3 Å². The molecule has 1 heterocycles. The lowest BCUT2D eigenvalue weighted by molar-refractivity contribution is 0.107. The first-order valence-corrected chi connectivity index (χ1v) is 4.80. The van der Waals surface area contributed by atoms with E-state index in [9.17, 15) is 18.4 Å². The Morgan fingerprint density at radius 2 is 2.14 bits per heavy atom. The van der Waals surface area contributed by atoms with Gasteiger partial charge >= 0.3 is 0 Å². The van der Waals surface area contributed by atoms with E-state index in [0.717, 1.165) is 6.07 Å². The minimum Gasteiger partial charge on any atom is -0.320 e. The van der Waals surface area contributed by atoms with Gasteiger partial charge in [0.1, 0.15) is 0 Å². The summed E-state index contributed by atoms with van der Waals surface area (Å²) in [6.07, 6.45) is -2.84. The quantitative estimate of drug-likeness (QED) is 0.667. The molecule has 1 N–H and O–H groups in total. The van der Waals surface area contributed by atoms with Crippen molar-refractivity contribution < 1.29 is 13.6 Å². The first-order chi connectivity index (χ1) is 6.43. The lowest BCUT2D eigenvalue weighted by atomic mass is 10.2. The highest BCUT2D eigenvalue weighted by Gasteiger charge is 2.16. The molecule has 76 valence electrons. The highest BCUT2D eigenvalue weighted by Crippen LogP contribution is 2.19.